The van der Waals surface area contributed by atoms with Crippen LogP contribution in [0.15, 0.2) is 47.3 Å². The molecule has 0 N–H and O–H groups in total. The van der Waals surface area contributed by atoms with Gasteiger partial charge in [0.05, 0.1) is 11.0 Å². The second kappa shape index (κ2) is 4.94. The van der Waals surface area contributed by atoms with Gasteiger partial charge in [-0.25, -0.2) is 4.39 Å². The van der Waals surface area contributed by atoms with E-state index in [0.717, 1.165) is 5.56 Å². The van der Waals surface area contributed by atoms with Gasteiger partial charge in [-0.2, -0.15) is 0 Å². The van der Waals surface area contributed by atoms with E-state index in [4.69, 9.17) is 0 Å². The lowest BCUT2D eigenvalue weighted by Crippen LogP contribution is -2.39. The van der Waals surface area contributed by atoms with Crippen LogP contribution >= 0.6 is 15.9 Å². The van der Waals surface area contributed by atoms with Gasteiger partial charge in [0, 0.05) is 13.2 Å². The quantitative estimate of drug-likeness (QED) is 0.838. The molecule has 1 aromatic carbocycles. The number of halogens is 2. The summed E-state index contributed by atoms with van der Waals surface area (Å²) in [4.78, 5) is 15.3. The highest BCUT2D eigenvalue weighted by Crippen LogP contribution is 2.24. The maximum atomic E-state index is 12.8. The molecular weight excluding hydrogens is 299 g/mol. The van der Waals surface area contributed by atoms with Crippen molar-refractivity contribution >= 4 is 21.8 Å². The fourth-order valence-electron chi connectivity index (χ4n) is 1.67. The SMILES string of the molecule is C=C1N(C)C=C(Br)C(=O)N1Cc1ccc(F)cc1. The van der Waals surface area contributed by atoms with Crippen molar-refractivity contribution in [3.8, 4) is 0 Å². The Morgan fingerprint density at radius 2 is 1.94 bits per heavy atom. The molecule has 0 aromatic heterocycles. The number of hydrogen-bond acceptors (Lipinski definition) is 2. The Morgan fingerprint density at radius 1 is 1.33 bits per heavy atom. The molecule has 0 aliphatic carbocycles. The lowest BCUT2D eigenvalue weighted by atomic mass is 10.2. The molecule has 18 heavy (non-hydrogen) atoms. The Hall–Kier alpha value is -1.62. The van der Waals surface area contributed by atoms with Gasteiger partial charge >= 0.3 is 0 Å². The Morgan fingerprint density at radius 3 is 2.56 bits per heavy atom. The van der Waals surface area contributed by atoms with Crippen LogP contribution in [0, 0.1) is 5.82 Å². The number of amides is 1. The summed E-state index contributed by atoms with van der Waals surface area (Å²) < 4.78 is 13.3. The van der Waals surface area contributed by atoms with Crippen LogP contribution in [0.25, 0.3) is 0 Å². The van der Waals surface area contributed by atoms with E-state index in [1.807, 2.05) is 7.05 Å². The molecule has 0 saturated heterocycles. The molecule has 5 heteroatoms. The fourth-order valence-corrected chi connectivity index (χ4v) is 2.19. The molecule has 1 aliphatic rings. The summed E-state index contributed by atoms with van der Waals surface area (Å²) in [6.45, 7) is 4.23. The van der Waals surface area contributed by atoms with Crippen LogP contribution in [0.5, 0.6) is 0 Å². The van der Waals surface area contributed by atoms with E-state index in [1.165, 1.54) is 17.0 Å². The summed E-state index contributed by atoms with van der Waals surface area (Å²) in [7, 11) is 1.81. The highest BCUT2D eigenvalue weighted by molar-refractivity contribution is 9.12. The molecule has 0 spiro atoms. The Kier molecular flexibility index (Phi) is 3.52. The van der Waals surface area contributed by atoms with Crippen molar-refractivity contribution in [1.82, 2.24) is 9.80 Å². The number of nitrogens with zero attached hydrogens (tertiary/aromatic N) is 2. The van der Waals surface area contributed by atoms with Crippen molar-refractivity contribution in [2.45, 2.75) is 6.54 Å². The smallest absolute Gasteiger partial charge is 0.268 e. The second-order valence-electron chi connectivity index (χ2n) is 4.02. The predicted molar refractivity (Wildman–Crippen MR) is 70.9 cm³/mol. The minimum atomic E-state index is -0.291. The van der Waals surface area contributed by atoms with Crippen molar-refractivity contribution in [3.05, 3.63) is 58.7 Å². The van der Waals surface area contributed by atoms with Crippen LogP contribution < -0.4 is 0 Å². The lowest BCUT2D eigenvalue weighted by molar-refractivity contribution is -0.126. The van der Waals surface area contributed by atoms with Crippen LogP contribution in [-0.2, 0) is 11.3 Å². The summed E-state index contributed by atoms with van der Waals surface area (Å²) in [5, 5.41) is 0. The van der Waals surface area contributed by atoms with Crippen molar-refractivity contribution in [2.75, 3.05) is 7.05 Å². The zero-order valence-corrected chi connectivity index (χ0v) is 11.4. The van der Waals surface area contributed by atoms with Crippen molar-refractivity contribution in [3.63, 3.8) is 0 Å². The fraction of sp³-hybridized carbons (Fsp3) is 0.154. The first kappa shape index (κ1) is 12.8. The highest BCUT2D eigenvalue weighted by Gasteiger charge is 2.26. The van der Waals surface area contributed by atoms with Crippen molar-refractivity contribution in [1.29, 1.82) is 0 Å². The monoisotopic (exact) mass is 310 g/mol. The molecule has 94 valence electrons. The van der Waals surface area contributed by atoms with Crippen LogP contribution in [-0.4, -0.2) is 22.8 Å². The number of carbonyl (C=O) groups is 1. The van der Waals surface area contributed by atoms with Crippen molar-refractivity contribution < 1.29 is 9.18 Å². The predicted octanol–water partition coefficient (Wildman–Crippen LogP) is 2.81. The van der Waals surface area contributed by atoms with E-state index in [9.17, 15) is 9.18 Å². The van der Waals surface area contributed by atoms with Crippen molar-refractivity contribution in [2.24, 2.45) is 0 Å². The first-order chi connectivity index (χ1) is 8.49. The third-order valence-corrected chi connectivity index (χ3v) is 3.27. The largest absolute Gasteiger partial charge is 0.337 e. The van der Waals surface area contributed by atoms with E-state index in [-0.39, 0.29) is 11.7 Å². The maximum absolute atomic E-state index is 12.8. The topological polar surface area (TPSA) is 23.6 Å². The van der Waals surface area contributed by atoms with Crippen LogP contribution in [0.1, 0.15) is 5.56 Å². The molecule has 0 atom stereocenters. The molecule has 1 heterocycles. The lowest BCUT2D eigenvalue weighted by Gasteiger charge is -2.33. The summed E-state index contributed by atoms with van der Waals surface area (Å²) in [5.41, 5.74) is 0.849. The first-order valence-electron chi connectivity index (χ1n) is 5.34. The summed E-state index contributed by atoms with van der Waals surface area (Å²) in [6, 6.07) is 6.06. The Labute approximate surface area is 113 Å². The van der Waals surface area contributed by atoms with Gasteiger partial charge in [-0.15, -0.1) is 0 Å². The highest BCUT2D eigenvalue weighted by atomic mass is 79.9. The molecule has 1 amide bonds. The average molecular weight is 311 g/mol. The van der Waals surface area contributed by atoms with Gasteiger partial charge in [0.2, 0.25) is 0 Å². The molecule has 0 unspecified atom stereocenters. The van der Waals surface area contributed by atoms with E-state index < -0.39 is 0 Å². The van der Waals surface area contributed by atoms with E-state index in [1.54, 1.807) is 23.2 Å². The van der Waals surface area contributed by atoms with Crippen LogP contribution in [0.4, 0.5) is 4.39 Å². The van der Waals surface area contributed by atoms with Gasteiger partial charge in [0.15, 0.2) is 0 Å². The Balaban J connectivity index is 2.23. The standard InChI is InChI=1S/C13H12BrFN2O/c1-9-16(2)8-12(14)13(18)17(9)7-10-3-5-11(15)6-4-10/h3-6,8H,1,7H2,2H3. The van der Waals surface area contributed by atoms with Gasteiger partial charge in [0.25, 0.3) is 5.91 Å². The molecule has 0 saturated carbocycles. The van der Waals surface area contributed by atoms with E-state index in [2.05, 4.69) is 22.5 Å². The second-order valence-corrected chi connectivity index (χ2v) is 4.88. The summed E-state index contributed by atoms with van der Waals surface area (Å²) in [5.74, 6) is 0.149. The molecule has 0 fully saturated rings. The molecule has 1 aromatic rings. The van der Waals surface area contributed by atoms with Gasteiger partial charge in [-0.3, -0.25) is 9.69 Å². The number of benzene rings is 1. The minimum absolute atomic E-state index is 0.151. The Bertz CT molecular complexity index is 524. The summed E-state index contributed by atoms with van der Waals surface area (Å²) in [6.07, 6.45) is 1.67. The summed E-state index contributed by atoms with van der Waals surface area (Å²) >= 11 is 3.21. The minimum Gasteiger partial charge on any atom is -0.337 e. The van der Waals surface area contributed by atoms with Crippen LogP contribution in [0.3, 0.4) is 0 Å². The van der Waals surface area contributed by atoms with Gasteiger partial charge < -0.3 is 4.90 Å². The molecule has 3 nitrogen and oxygen atoms in total. The molecule has 2 rings (SSSR count). The van der Waals surface area contributed by atoms with Gasteiger partial charge in [0.1, 0.15) is 11.6 Å². The van der Waals surface area contributed by atoms with E-state index in [0.29, 0.717) is 16.8 Å². The zero-order valence-electron chi connectivity index (χ0n) is 9.86. The van der Waals surface area contributed by atoms with E-state index >= 15 is 0 Å². The molecule has 0 bridgehead atoms. The maximum Gasteiger partial charge on any atom is 0.268 e. The first-order valence-corrected chi connectivity index (χ1v) is 6.13. The number of hydrogen-bond donors (Lipinski definition) is 0. The van der Waals surface area contributed by atoms with Gasteiger partial charge in [-0.1, -0.05) is 18.7 Å². The van der Waals surface area contributed by atoms with Gasteiger partial charge in [-0.05, 0) is 33.6 Å². The average Bonchev–Trinajstić information content (AvgIpc) is 2.34. The molecular formula is C13H12BrFN2O. The number of carbonyl (C=O) groups excluding carboxylic acids is 1. The van der Waals surface area contributed by atoms with Crippen LogP contribution in [0.2, 0.25) is 0 Å². The third kappa shape index (κ3) is 2.46. The molecule has 0 radical (unpaired) electrons. The zero-order chi connectivity index (χ0) is 13.3. The molecule has 1 aliphatic heterocycles. The third-order valence-electron chi connectivity index (χ3n) is 2.73. The number of rotatable bonds is 2. The normalized spacial score (nSPS) is 16.1.